The quantitative estimate of drug-likeness (QED) is 0.745. The Morgan fingerprint density at radius 1 is 0.917 bits per heavy atom. The van der Waals surface area contributed by atoms with E-state index in [0.29, 0.717) is 5.82 Å². The van der Waals surface area contributed by atoms with E-state index >= 15 is 0 Å². The minimum atomic E-state index is -0.285. The summed E-state index contributed by atoms with van der Waals surface area (Å²) >= 11 is 0. The first-order valence-electron chi connectivity index (χ1n) is 7.79. The number of amides is 1. The molecule has 24 heavy (non-hydrogen) atoms. The maximum Gasteiger partial charge on any atom is 0.275 e. The number of aromatic nitrogens is 2. The number of anilines is 3. The van der Waals surface area contributed by atoms with Crippen molar-refractivity contribution in [2.24, 2.45) is 0 Å². The van der Waals surface area contributed by atoms with Gasteiger partial charge in [0.25, 0.3) is 5.91 Å². The van der Waals surface area contributed by atoms with Crippen molar-refractivity contribution in [3.63, 3.8) is 0 Å². The number of benzene rings is 2. The second-order valence-electron chi connectivity index (χ2n) is 5.28. The van der Waals surface area contributed by atoms with Gasteiger partial charge in [-0.3, -0.25) is 4.79 Å². The van der Waals surface area contributed by atoms with Crippen LogP contribution in [-0.2, 0) is 6.42 Å². The molecule has 2 N–H and O–H groups in total. The lowest BCUT2D eigenvalue weighted by atomic mass is 10.1. The highest BCUT2D eigenvalue weighted by Gasteiger charge is 2.08. The Bertz CT molecular complexity index is 799. The van der Waals surface area contributed by atoms with E-state index in [1.807, 2.05) is 42.5 Å². The maximum absolute atomic E-state index is 12.1. The van der Waals surface area contributed by atoms with Gasteiger partial charge in [0.1, 0.15) is 11.5 Å². The van der Waals surface area contributed by atoms with Crippen molar-refractivity contribution in [3.05, 3.63) is 78.2 Å². The maximum atomic E-state index is 12.1. The first-order chi connectivity index (χ1) is 11.7. The van der Waals surface area contributed by atoms with Gasteiger partial charge in [0, 0.05) is 11.4 Å². The molecule has 0 aliphatic heterocycles. The van der Waals surface area contributed by atoms with Crippen LogP contribution in [-0.4, -0.2) is 15.9 Å². The molecule has 0 bridgehead atoms. The molecule has 0 aliphatic carbocycles. The molecule has 0 saturated carbocycles. The number of aryl methyl sites for hydroxylation is 1. The average molecular weight is 318 g/mol. The van der Waals surface area contributed by atoms with Crippen molar-refractivity contribution in [1.82, 2.24) is 9.97 Å². The van der Waals surface area contributed by atoms with Crippen molar-refractivity contribution in [1.29, 1.82) is 0 Å². The van der Waals surface area contributed by atoms with Gasteiger partial charge in [0.2, 0.25) is 0 Å². The van der Waals surface area contributed by atoms with Crippen LogP contribution in [0.2, 0.25) is 0 Å². The fourth-order valence-corrected chi connectivity index (χ4v) is 2.20. The van der Waals surface area contributed by atoms with Crippen LogP contribution in [0.5, 0.6) is 0 Å². The third kappa shape index (κ3) is 3.95. The number of para-hydroxylation sites is 1. The molecule has 0 fully saturated rings. The second kappa shape index (κ2) is 7.37. The van der Waals surface area contributed by atoms with E-state index in [-0.39, 0.29) is 11.6 Å². The van der Waals surface area contributed by atoms with Gasteiger partial charge < -0.3 is 10.6 Å². The molecule has 1 aromatic heterocycles. The highest BCUT2D eigenvalue weighted by atomic mass is 16.1. The van der Waals surface area contributed by atoms with Gasteiger partial charge in [-0.1, -0.05) is 37.3 Å². The Morgan fingerprint density at radius 2 is 1.67 bits per heavy atom. The zero-order valence-electron chi connectivity index (χ0n) is 13.4. The molecule has 3 rings (SSSR count). The third-order valence-corrected chi connectivity index (χ3v) is 3.55. The number of carbonyl (C=O) groups excluding carboxylic acids is 1. The summed E-state index contributed by atoms with van der Waals surface area (Å²) in [4.78, 5) is 20.5. The van der Waals surface area contributed by atoms with Crippen molar-refractivity contribution in [3.8, 4) is 0 Å². The van der Waals surface area contributed by atoms with Crippen LogP contribution in [0.25, 0.3) is 0 Å². The molecule has 0 spiro atoms. The lowest BCUT2D eigenvalue weighted by Gasteiger charge is -2.07. The summed E-state index contributed by atoms with van der Waals surface area (Å²) in [6.45, 7) is 2.12. The predicted molar refractivity (Wildman–Crippen MR) is 95.5 cm³/mol. The van der Waals surface area contributed by atoms with E-state index < -0.39 is 0 Å². The number of rotatable bonds is 5. The van der Waals surface area contributed by atoms with Gasteiger partial charge in [-0.15, -0.1) is 0 Å². The van der Waals surface area contributed by atoms with Crippen molar-refractivity contribution < 1.29 is 4.79 Å². The minimum Gasteiger partial charge on any atom is -0.339 e. The molecule has 0 saturated heterocycles. The molecule has 120 valence electrons. The van der Waals surface area contributed by atoms with E-state index in [2.05, 4.69) is 39.7 Å². The lowest BCUT2D eigenvalue weighted by Crippen LogP contribution is -2.14. The summed E-state index contributed by atoms with van der Waals surface area (Å²) in [6.07, 6.45) is 4.01. The van der Waals surface area contributed by atoms with Crippen LogP contribution in [0.15, 0.2) is 67.0 Å². The van der Waals surface area contributed by atoms with E-state index in [0.717, 1.165) is 17.8 Å². The van der Waals surface area contributed by atoms with Crippen molar-refractivity contribution in [2.75, 3.05) is 10.6 Å². The van der Waals surface area contributed by atoms with Gasteiger partial charge in [-0.2, -0.15) is 0 Å². The molecule has 3 aromatic rings. The second-order valence-corrected chi connectivity index (χ2v) is 5.28. The van der Waals surface area contributed by atoms with Crippen molar-refractivity contribution >= 4 is 23.1 Å². The summed E-state index contributed by atoms with van der Waals surface area (Å²) in [5.74, 6) is 0.308. The van der Waals surface area contributed by atoms with E-state index in [4.69, 9.17) is 0 Å². The molecular weight excluding hydrogens is 300 g/mol. The Labute approximate surface area is 140 Å². The van der Waals surface area contributed by atoms with Crippen LogP contribution < -0.4 is 10.6 Å². The fraction of sp³-hybridized carbons (Fsp3) is 0.105. The molecule has 1 amide bonds. The van der Waals surface area contributed by atoms with Crippen molar-refractivity contribution in [2.45, 2.75) is 13.3 Å². The molecule has 5 heteroatoms. The summed E-state index contributed by atoms with van der Waals surface area (Å²) in [5.41, 5.74) is 3.20. The molecule has 0 radical (unpaired) electrons. The zero-order chi connectivity index (χ0) is 16.8. The van der Waals surface area contributed by atoms with Gasteiger partial charge in [0.05, 0.1) is 12.4 Å². The standard InChI is InChI=1S/C19H18N4O/c1-2-14-8-10-16(11-9-14)22-18-13-20-17(12-21-18)19(24)23-15-6-4-3-5-7-15/h3-13H,2H2,1H3,(H,21,22)(H,23,24). The topological polar surface area (TPSA) is 66.9 Å². The Morgan fingerprint density at radius 3 is 2.29 bits per heavy atom. The minimum absolute atomic E-state index is 0.269. The molecule has 0 unspecified atom stereocenters. The number of nitrogens with one attached hydrogen (secondary N) is 2. The number of nitrogens with zero attached hydrogens (tertiary/aromatic N) is 2. The highest BCUT2D eigenvalue weighted by Crippen LogP contribution is 2.15. The zero-order valence-corrected chi connectivity index (χ0v) is 13.4. The van der Waals surface area contributed by atoms with Crippen LogP contribution in [0.4, 0.5) is 17.2 Å². The fourth-order valence-electron chi connectivity index (χ4n) is 2.20. The van der Waals surface area contributed by atoms with Crippen LogP contribution in [0.3, 0.4) is 0 Å². The van der Waals surface area contributed by atoms with Gasteiger partial charge in [-0.05, 0) is 36.2 Å². The molecule has 5 nitrogen and oxygen atoms in total. The number of hydrogen-bond donors (Lipinski definition) is 2. The largest absolute Gasteiger partial charge is 0.339 e. The van der Waals surface area contributed by atoms with E-state index in [1.54, 1.807) is 6.20 Å². The Hall–Kier alpha value is -3.21. The summed E-state index contributed by atoms with van der Waals surface area (Å²) in [6, 6.07) is 17.4. The SMILES string of the molecule is CCc1ccc(Nc2cnc(C(=O)Nc3ccccc3)cn2)cc1. The average Bonchev–Trinajstić information content (AvgIpc) is 2.64. The first kappa shape index (κ1) is 15.7. The number of carbonyl (C=O) groups is 1. The van der Waals surface area contributed by atoms with Gasteiger partial charge in [0.15, 0.2) is 0 Å². The van der Waals surface area contributed by atoms with Crippen LogP contribution in [0, 0.1) is 0 Å². The molecule has 1 heterocycles. The summed E-state index contributed by atoms with van der Waals surface area (Å²) < 4.78 is 0. The Balaban J connectivity index is 1.65. The summed E-state index contributed by atoms with van der Waals surface area (Å²) in [7, 11) is 0. The van der Waals surface area contributed by atoms with E-state index in [1.165, 1.54) is 11.8 Å². The number of hydrogen-bond acceptors (Lipinski definition) is 4. The van der Waals surface area contributed by atoms with Gasteiger partial charge >= 0.3 is 0 Å². The van der Waals surface area contributed by atoms with Gasteiger partial charge in [-0.25, -0.2) is 9.97 Å². The van der Waals surface area contributed by atoms with E-state index in [9.17, 15) is 4.79 Å². The van der Waals surface area contributed by atoms with Crippen LogP contribution in [0.1, 0.15) is 23.0 Å². The smallest absolute Gasteiger partial charge is 0.275 e. The predicted octanol–water partition coefficient (Wildman–Crippen LogP) is 4.03. The third-order valence-electron chi connectivity index (χ3n) is 3.55. The molecule has 0 atom stereocenters. The highest BCUT2D eigenvalue weighted by molar-refractivity contribution is 6.02. The summed E-state index contributed by atoms with van der Waals surface area (Å²) in [5, 5.41) is 5.94. The monoisotopic (exact) mass is 318 g/mol. The molecule has 0 aliphatic rings. The van der Waals surface area contributed by atoms with Crippen LogP contribution >= 0.6 is 0 Å². The normalized spacial score (nSPS) is 10.2. The Kier molecular flexibility index (Phi) is 4.81. The molecule has 2 aromatic carbocycles. The molecular formula is C19H18N4O. The lowest BCUT2D eigenvalue weighted by molar-refractivity contribution is 0.102. The first-order valence-corrected chi connectivity index (χ1v) is 7.79.